The van der Waals surface area contributed by atoms with Crippen LogP contribution in [-0.2, 0) is 9.53 Å². The van der Waals surface area contributed by atoms with Crippen LogP contribution in [0.15, 0.2) is 12.3 Å². The molecule has 4 bridgehead atoms. The lowest BCUT2D eigenvalue weighted by molar-refractivity contribution is -0.270. The van der Waals surface area contributed by atoms with Crippen LogP contribution in [-0.4, -0.2) is 32.8 Å². The van der Waals surface area contributed by atoms with Crippen LogP contribution in [0.25, 0.3) is 0 Å². The van der Waals surface area contributed by atoms with E-state index >= 15 is 0 Å². The van der Waals surface area contributed by atoms with E-state index in [9.17, 15) is 15.0 Å². The van der Waals surface area contributed by atoms with Crippen molar-refractivity contribution in [1.82, 2.24) is 0 Å². The lowest BCUT2D eigenvalue weighted by Gasteiger charge is -2.66. The maximum atomic E-state index is 11.5. The Morgan fingerprint density at radius 3 is 2.10 bits per heavy atom. The molecule has 0 aromatic heterocycles. The Labute approximate surface area is 126 Å². The van der Waals surface area contributed by atoms with Gasteiger partial charge in [-0.05, 0) is 51.9 Å². The molecule has 118 valence electrons. The lowest BCUT2D eigenvalue weighted by atomic mass is 9.43. The molecule has 4 aliphatic carbocycles. The summed E-state index contributed by atoms with van der Waals surface area (Å²) in [5.41, 5.74) is -2.50. The normalized spacial score (nSPS) is 44.7. The number of aliphatic hydroxyl groups is 2. The van der Waals surface area contributed by atoms with Gasteiger partial charge in [-0.3, -0.25) is 4.79 Å². The van der Waals surface area contributed by atoms with Crippen molar-refractivity contribution in [3.8, 4) is 0 Å². The van der Waals surface area contributed by atoms with Gasteiger partial charge in [-0.1, -0.05) is 6.58 Å². The number of Topliss-reactive ketones (excluding diaryl/α,β-unsaturated/α-hetero) is 1. The molecule has 4 fully saturated rings. The van der Waals surface area contributed by atoms with Gasteiger partial charge >= 0.3 is 0 Å². The minimum Gasteiger partial charge on any atom is -0.484 e. The molecular formula is C17H26O4. The standard InChI is InChI=1S/C17H26O4/c1-11(18)12(2)21-14(3,4)15-5-13-6-16(19,8-15)10-17(20,7-13)9-15/h13,19-20H,2,5-10H2,1,3-4H3. The molecular weight excluding hydrogens is 268 g/mol. The first-order chi connectivity index (χ1) is 9.48. The van der Waals surface area contributed by atoms with E-state index in [-0.39, 0.29) is 17.0 Å². The number of allylic oxidation sites excluding steroid dienone is 1. The number of ketones is 1. The minimum absolute atomic E-state index is 0.162. The van der Waals surface area contributed by atoms with Crippen LogP contribution in [0.5, 0.6) is 0 Å². The van der Waals surface area contributed by atoms with Crippen molar-refractivity contribution in [2.45, 2.75) is 76.1 Å². The number of carbonyl (C=O) groups excluding carboxylic acids is 1. The summed E-state index contributed by atoms with van der Waals surface area (Å²) in [4.78, 5) is 11.5. The zero-order valence-corrected chi connectivity index (χ0v) is 13.2. The molecule has 0 saturated heterocycles. The van der Waals surface area contributed by atoms with E-state index in [1.807, 2.05) is 13.8 Å². The van der Waals surface area contributed by atoms with Crippen LogP contribution in [0.3, 0.4) is 0 Å². The third-order valence-corrected chi connectivity index (χ3v) is 6.06. The molecule has 4 aliphatic rings. The molecule has 21 heavy (non-hydrogen) atoms. The number of ether oxygens (including phenoxy) is 1. The summed E-state index contributed by atoms with van der Waals surface area (Å²) in [5, 5.41) is 21.7. The summed E-state index contributed by atoms with van der Waals surface area (Å²) in [6.07, 6.45) is 4.24. The van der Waals surface area contributed by atoms with Crippen LogP contribution in [0.2, 0.25) is 0 Å². The van der Waals surface area contributed by atoms with Crippen molar-refractivity contribution in [2.24, 2.45) is 11.3 Å². The monoisotopic (exact) mass is 294 g/mol. The topological polar surface area (TPSA) is 66.8 Å². The van der Waals surface area contributed by atoms with E-state index in [0.717, 1.165) is 19.3 Å². The van der Waals surface area contributed by atoms with E-state index in [1.165, 1.54) is 6.92 Å². The van der Waals surface area contributed by atoms with Gasteiger partial charge in [0.05, 0.1) is 11.2 Å². The molecule has 0 amide bonds. The molecule has 4 rings (SSSR count). The van der Waals surface area contributed by atoms with Gasteiger partial charge < -0.3 is 14.9 Å². The number of hydrogen-bond acceptors (Lipinski definition) is 4. The van der Waals surface area contributed by atoms with Gasteiger partial charge in [-0.15, -0.1) is 0 Å². The fraction of sp³-hybridized carbons (Fsp3) is 0.824. The summed E-state index contributed by atoms with van der Waals surface area (Å²) in [6.45, 7) is 9.07. The predicted molar refractivity (Wildman–Crippen MR) is 78.5 cm³/mol. The molecule has 0 heterocycles. The Kier molecular flexibility index (Phi) is 2.94. The van der Waals surface area contributed by atoms with Crippen molar-refractivity contribution >= 4 is 5.78 Å². The molecule has 0 aromatic rings. The first kappa shape index (κ1) is 15.0. The molecule has 4 saturated carbocycles. The summed E-state index contributed by atoms with van der Waals surface area (Å²) in [6, 6.07) is 0. The quantitative estimate of drug-likeness (QED) is 0.617. The maximum absolute atomic E-state index is 11.5. The summed E-state index contributed by atoms with van der Waals surface area (Å²) in [5.74, 6) is 0.324. The van der Waals surface area contributed by atoms with E-state index in [1.54, 1.807) is 0 Å². The van der Waals surface area contributed by atoms with E-state index < -0.39 is 16.8 Å². The maximum Gasteiger partial charge on any atom is 0.193 e. The van der Waals surface area contributed by atoms with Gasteiger partial charge in [0, 0.05) is 18.8 Å². The summed E-state index contributed by atoms with van der Waals surface area (Å²) in [7, 11) is 0. The summed E-state index contributed by atoms with van der Waals surface area (Å²) < 4.78 is 5.91. The Balaban J connectivity index is 1.93. The molecule has 4 nitrogen and oxygen atoms in total. The molecule has 2 N–H and O–H groups in total. The van der Waals surface area contributed by atoms with E-state index in [4.69, 9.17) is 4.74 Å². The lowest BCUT2D eigenvalue weighted by Crippen LogP contribution is -2.68. The highest BCUT2D eigenvalue weighted by Crippen LogP contribution is 2.67. The molecule has 0 spiro atoms. The second kappa shape index (κ2) is 4.11. The van der Waals surface area contributed by atoms with Gasteiger partial charge in [0.25, 0.3) is 0 Å². The van der Waals surface area contributed by atoms with Crippen molar-refractivity contribution in [3.05, 3.63) is 12.3 Å². The zero-order valence-electron chi connectivity index (χ0n) is 13.2. The SMILES string of the molecule is C=C(OC(C)(C)C12CC3CC(O)(CC(O)(C3)C1)C2)C(C)=O. The van der Waals surface area contributed by atoms with Gasteiger partial charge in [0.1, 0.15) is 5.60 Å². The van der Waals surface area contributed by atoms with E-state index in [0.29, 0.717) is 25.2 Å². The van der Waals surface area contributed by atoms with Gasteiger partial charge in [-0.2, -0.15) is 0 Å². The highest BCUT2D eigenvalue weighted by Gasteiger charge is 2.67. The Bertz CT molecular complexity index is 489. The molecule has 0 aliphatic heterocycles. The Hall–Kier alpha value is -0.870. The predicted octanol–water partition coefficient (Wildman–Crippen LogP) is 2.33. The third-order valence-electron chi connectivity index (χ3n) is 6.06. The van der Waals surface area contributed by atoms with Crippen molar-refractivity contribution in [3.63, 3.8) is 0 Å². The first-order valence-electron chi connectivity index (χ1n) is 7.82. The smallest absolute Gasteiger partial charge is 0.193 e. The molecule has 0 radical (unpaired) electrons. The average Bonchev–Trinajstić information content (AvgIpc) is 2.22. The fourth-order valence-corrected chi connectivity index (χ4v) is 5.50. The van der Waals surface area contributed by atoms with Crippen LogP contribution >= 0.6 is 0 Å². The van der Waals surface area contributed by atoms with Gasteiger partial charge in [0.15, 0.2) is 11.5 Å². The van der Waals surface area contributed by atoms with Crippen molar-refractivity contribution in [2.75, 3.05) is 0 Å². The second-order valence-corrected chi connectivity index (χ2v) is 8.33. The number of carbonyl (C=O) groups is 1. The van der Waals surface area contributed by atoms with Crippen molar-refractivity contribution in [1.29, 1.82) is 0 Å². The van der Waals surface area contributed by atoms with Crippen LogP contribution < -0.4 is 0 Å². The van der Waals surface area contributed by atoms with Crippen LogP contribution in [0.1, 0.15) is 59.3 Å². The van der Waals surface area contributed by atoms with Crippen molar-refractivity contribution < 1.29 is 19.7 Å². The number of rotatable bonds is 4. The Morgan fingerprint density at radius 1 is 1.14 bits per heavy atom. The molecule has 2 atom stereocenters. The Morgan fingerprint density at radius 2 is 1.67 bits per heavy atom. The second-order valence-electron chi connectivity index (χ2n) is 8.33. The van der Waals surface area contributed by atoms with Gasteiger partial charge in [0.2, 0.25) is 0 Å². The average molecular weight is 294 g/mol. The highest BCUT2D eigenvalue weighted by atomic mass is 16.5. The fourth-order valence-electron chi connectivity index (χ4n) is 5.50. The van der Waals surface area contributed by atoms with Crippen LogP contribution in [0, 0.1) is 11.3 Å². The first-order valence-corrected chi connectivity index (χ1v) is 7.82. The minimum atomic E-state index is -0.785. The van der Waals surface area contributed by atoms with E-state index in [2.05, 4.69) is 6.58 Å². The summed E-state index contributed by atoms with van der Waals surface area (Å²) >= 11 is 0. The third kappa shape index (κ3) is 2.23. The highest BCUT2D eigenvalue weighted by molar-refractivity contribution is 5.90. The largest absolute Gasteiger partial charge is 0.484 e. The molecule has 0 aromatic carbocycles. The number of hydrogen-bond donors (Lipinski definition) is 2. The van der Waals surface area contributed by atoms with Crippen LogP contribution in [0.4, 0.5) is 0 Å². The van der Waals surface area contributed by atoms with Gasteiger partial charge in [-0.25, -0.2) is 0 Å². The molecule has 2 unspecified atom stereocenters. The molecule has 4 heteroatoms. The zero-order chi connectivity index (χ0) is 15.7.